The van der Waals surface area contributed by atoms with Crippen LogP contribution < -0.4 is 5.32 Å². The summed E-state index contributed by atoms with van der Waals surface area (Å²) in [5.74, 6) is 0.182. The van der Waals surface area contributed by atoms with Gasteiger partial charge in [-0.1, -0.05) is 32.0 Å². The molecule has 0 fully saturated rings. The molecule has 0 saturated carbocycles. The summed E-state index contributed by atoms with van der Waals surface area (Å²) < 4.78 is 1.54. The summed E-state index contributed by atoms with van der Waals surface area (Å²) in [4.78, 5) is 14.0. The molecule has 3 rings (SSSR count). The van der Waals surface area contributed by atoms with Gasteiger partial charge in [0.15, 0.2) is 0 Å². The molecule has 0 atom stereocenters. The van der Waals surface area contributed by atoms with Crippen molar-refractivity contribution in [3.63, 3.8) is 0 Å². The van der Waals surface area contributed by atoms with E-state index >= 15 is 0 Å². The molecule has 0 aliphatic rings. The Morgan fingerprint density at radius 3 is 2.67 bits per heavy atom. The molecule has 6 nitrogen and oxygen atoms in total. The van der Waals surface area contributed by atoms with Crippen molar-refractivity contribution in [1.29, 1.82) is 0 Å². The second-order valence-electron chi connectivity index (χ2n) is 5.91. The number of thiophene rings is 1. The van der Waals surface area contributed by atoms with Gasteiger partial charge in [0.1, 0.15) is 11.3 Å². The second-order valence-corrected chi connectivity index (χ2v) is 7.12. The first-order valence-corrected chi connectivity index (χ1v) is 8.54. The number of rotatable bonds is 4. The summed E-state index contributed by atoms with van der Waals surface area (Å²) in [5, 5.41) is 15.0. The number of benzene rings is 1. The lowest BCUT2D eigenvalue weighted by molar-refractivity contribution is 0.102. The van der Waals surface area contributed by atoms with Gasteiger partial charge in [0, 0.05) is 10.6 Å². The van der Waals surface area contributed by atoms with Crippen molar-refractivity contribution in [3.8, 4) is 5.00 Å². The highest BCUT2D eigenvalue weighted by molar-refractivity contribution is 7.15. The quantitative estimate of drug-likeness (QED) is 0.785. The van der Waals surface area contributed by atoms with Crippen molar-refractivity contribution in [2.24, 2.45) is 0 Å². The van der Waals surface area contributed by atoms with Crippen LogP contribution >= 0.6 is 11.3 Å². The smallest absolute Gasteiger partial charge is 0.259 e. The van der Waals surface area contributed by atoms with Gasteiger partial charge in [0.05, 0.1) is 5.56 Å². The van der Waals surface area contributed by atoms with Gasteiger partial charge >= 0.3 is 0 Å². The Morgan fingerprint density at radius 2 is 2.00 bits per heavy atom. The standard InChI is InChI=1S/C17H19N5OS/c1-10(2)13-7-5-6-8-14(13)19-16(23)15-11(3)12(4)24-17(15)22-9-18-20-21-22/h5-10H,1-4H3,(H,19,23). The minimum Gasteiger partial charge on any atom is -0.322 e. The lowest BCUT2D eigenvalue weighted by atomic mass is 10.0. The Bertz CT molecular complexity index is 867. The third kappa shape index (κ3) is 2.94. The van der Waals surface area contributed by atoms with E-state index in [1.165, 1.54) is 22.3 Å². The number of para-hydroxylation sites is 1. The molecule has 0 bridgehead atoms. The molecular formula is C17H19N5OS. The molecule has 7 heteroatoms. The van der Waals surface area contributed by atoms with E-state index in [0.717, 1.165) is 26.7 Å². The highest BCUT2D eigenvalue weighted by Gasteiger charge is 2.22. The number of aromatic nitrogens is 4. The third-order valence-corrected chi connectivity index (χ3v) is 5.18. The van der Waals surface area contributed by atoms with Crippen LogP contribution in [0.3, 0.4) is 0 Å². The van der Waals surface area contributed by atoms with Crippen molar-refractivity contribution in [3.05, 3.63) is 52.2 Å². The van der Waals surface area contributed by atoms with Gasteiger partial charge in [-0.05, 0) is 47.4 Å². The van der Waals surface area contributed by atoms with E-state index in [2.05, 4.69) is 34.7 Å². The summed E-state index contributed by atoms with van der Waals surface area (Å²) in [5.41, 5.74) is 3.51. The molecule has 0 saturated heterocycles. The van der Waals surface area contributed by atoms with E-state index in [1.54, 1.807) is 0 Å². The molecule has 2 aromatic heterocycles. The molecule has 0 aliphatic carbocycles. The zero-order valence-electron chi connectivity index (χ0n) is 14.1. The fourth-order valence-corrected chi connectivity index (χ4v) is 3.66. The zero-order valence-corrected chi connectivity index (χ0v) is 14.9. The Morgan fingerprint density at radius 1 is 1.25 bits per heavy atom. The molecular weight excluding hydrogens is 322 g/mol. The van der Waals surface area contributed by atoms with Gasteiger partial charge in [0.25, 0.3) is 5.91 Å². The molecule has 0 unspecified atom stereocenters. The maximum Gasteiger partial charge on any atom is 0.259 e. The number of nitrogens with zero attached hydrogens (tertiary/aromatic N) is 4. The van der Waals surface area contributed by atoms with Crippen LogP contribution in [0.15, 0.2) is 30.6 Å². The zero-order chi connectivity index (χ0) is 17.3. The van der Waals surface area contributed by atoms with E-state index in [-0.39, 0.29) is 5.91 Å². The van der Waals surface area contributed by atoms with Crippen molar-refractivity contribution in [2.75, 3.05) is 5.32 Å². The summed E-state index contributed by atoms with van der Waals surface area (Å²) in [6, 6.07) is 7.87. The van der Waals surface area contributed by atoms with E-state index in [9.17, 15) is 4.79 Å². The van der Waals surface area contributed by atoms with Crippen LogP contribution in [0.25, 0.3) is 5.00 Å². The number of nitrogens with one attached hydrogen (secondary N) is 1. The van der Waals surface area contributed by atoms with Crippen LogP contribution in [0.1, 0.15) is 46.1 Å². The van der Waals surface area contributed by atoms with Gasteiger partial charge in [-0.15, -0.1) is 16.4 Å². The van der Waals surface area contributed by atoms with Crippen LogP contribution in [0.5, 0.6) is 0 Å². The van der Waals surface area contributed by atoms with Crippen LogP contribution in [-0.4, -0.2) is 26.1 Å². The maximum atomic E-state index is 13.0. The van der Waals surface area contributed by atoms with Gasteiger partial charge in [-0.2, -0.15) is 4.68 Å². The summed E-state index contributed by atoms with van der Waals surface area (Å²) in [6.07, 6.45) is 1.50. The predicted molar refractivity (Wildman–Crippen MR) is 95.0 cm³/mol. The minimum atomic E-state index is -0.143. The summed E-state index contributed by atoms with van der Waals surface area (Å²) in [6.45, 7) is 8.16. The Hall–Kier alpha value is -2.54. The fourth-order valence-electron chi connectivity index (χ4n) is 2.59. The highest BCUT2D eigenvalue weighted by Crippen LogP contribution is 2.31. The molecule has 1 N–H and O–H groups in total. The first-order chi connectivity index (χ1) is 11.5. The lowest BCUT2D eigenvalue weighted by Crippen LogP contribution is -2.16. The number of aryl methyl sites for hydroxylation is 1. The predicted octanol–water partition coefficient (Wildman–Crippen LogP) is 3.72. The van der Waals surface area contributed by atoms with Gasteiger partial charge in [-0.3, -0.25) is 4.79 Å². The minimum absolute atomic E-state index is 0.143. The number of carbonyl (C=O) groups excluding carboxylic acids is 1. The van der Waals surface area contributed by atoms with E-state index in [1.807, 2.05) is 38.1 Å². The van der Waals surface area contributed by atoms with E-state index in [4.69, 9.17) is 0 Å². The van der Waals surface area contributed by atoms with Gasteiger partial charge in [-0.25, -0.2) is 0 Å². The molecule has 2 heterocycles. The number of anilines is 1. The number of amides is 1. The first kappa shape index (κ1) is 16.3. The second kappa shape index (κ2) is 6.52. The summed E-state index contributed by atoms with van der Waals surface area (Å²) in [7, 11) is 0. The molecule has 1 amide bonds. The van der Waals surface area contributed by atoms with Crippen molar-refractivity contribution < 1.29 is 4.79 Å². The largest absolute Gasteiger partial charge is 0.322 e. The fraction of sp³-hybridized carbons (Fsp3) is 0.294. The van der Waals surface area contributed by atoms with Crippen molar-refractivity contribution in [1.82, 2.24) is 20.2 Å². The lowest BCUT2D eigenvalue weighted by Gasteiger charge is -2.14. The normalized spacial score (nSPS) is 11.0. The SMILES string of the molecule is Cc1sc(-n2cnnn2)c(C(=O)Nc2ccccc2C(C)C)c1C. The van der Waals surface area contributed by atoms with Crippen LogP contribution in [-0.2, 0) is 0 Å². The molecule has 3 aromatic rings. The Balaban J connectivity index is 2.00. The van der Waals surface area contributed by atoms with Crippen molar-refractivity contribution in [2.45, 2.75) is 33.6 Å². The molecule has 0 radical (unpaired) electrons. The summed E-state index contributed by atoms with van der Waals surface area (Å²) >= 11 is 1.51. The van der Waals surface area contributed by atoms with E-state index in [0.29, 0.717) is 11.5 Å². The monoisotopic (exact) mass is 341 g/mol. The molecule has 1 aromatic carbocycles. The Labute approximate surface area is 144 Å². The van der Waals surface area contributed by atoms with Crippen molar-refractivity contribution >= 4 is 22.9 Å². The number of hydrogen-bond acceptors (Lipinski definition) is 5. The number of tetrazole rings is 1. The topological polar surface area (TPSA) is 72.7 Å². The Kier molecular flexibility index (Phi) is 4.44. The van der Waals surface area contributed by atoms with Crippen LogP contribution in [0, 0.1) is 13.8 Å². The van der Waals surface area contributed by atoms with Crippen LogP contribution in [0.2, 0.25) is 0 Å². The third-order valence-electron chi connectivity index (χ3n) is 3.98. The van der Waals surface area contributed by atoms with Crippen LogP contribution in [0.4, 0.5) is 5.69 Å². The highest BCUT2D eigenvalue weighted by atomic mass is 32.1. The number of hydrogen-bond donors (Lipinski definition) is 1. The van der Waals surface area contributed by atoms with Gasteiger partial charge in [0.2, 0.25) is 0 Å². The average Bonchev–Trinajstić information content (AvgIpc) is 3.17. The maximum absolute atomic E-state index is 13.0. The van der Waals surface area contributed by atoms with Gasteiger partial charge < -0.3 is 5.32 Å². The number of carbonyl (C=O) groups is 1. The molecule has 0 aliphatic heterocycles. The molecule has 24 heavy (non-hydrogen) atoms. The first-order valence-electron chi connectivity index (χ1n) is 7.72. The average molecular weight is 341 g/mol. The molecule has 124 valence electrons. The molecule has 0 spiro atoms. The van der Waals surface area contributed by atoms with E-state index < -0.39 is 0 Å².